The van der Waals surface area contributed by atoms with Gasteiger partial charge < -0.3 is 34.9 Å². The second-order valence-corrected chi connectivity index (χ2v) is 9.17. The molecule has 2 aliphatic rings. The summed E-state index contributed by atoms with van der Waals surface area (Å²) in [6.07, 6.45) is 1.27. The lowest BCUT2D eigenvalue weighted by molar-refractivity contribution is 0.0683. The number of hydrogen-bond donors (Lipinski definition) is 3. The smallest absolute Gasteiger partial charge is 0.319 e. The summed E-state index contributed by atoms with van der Waals surface area (Å²) in [5, 5.41) is 9.09. The molecule has 1 aromatic carbocycles. The molecule has 2 fully saturated rings. The van der Waals surface area contributed by atoms with Gasteiger partial charge in [-0.15, -0.1) is 0 Å². The summed E-state index contributed by atoms with van der Waals surface area (Å²) in [5.41, 5.74) is 1.43. The molecule has 0 radical (unpaired) electrons. The van der Waals surface area contributed by atoms with Crippen LogP contribution < -0.4 is 25.4 Å². The first-order chi connectivity index (χ1) is 15.8. The van der Waals surface area contributed by atoms with Crippen molar-refractivity contribution in [3.8, 4) is 11.5 Å². The van der Waals surface area contributed by atoms with E-state index in [4.69, 9.17) is 18.9 Å². The van der Waals surface area contributed by atoms with E-state index >= 15 is 0 Å². The van der Waals surface area contributed by atoms with E-state index in [1.54, 1.807) is 38.6 Å². The minimum Gasteiger partial charge on any atom is -0.497 e. The van der Waals surface area contributed by atoms with Gasteiger partial charge in [0.15, 0.2) is 0 Å². The van der Waals surface area contributed by atoms with E-state index in [1.165, 1.54) is 0 Å². The van der Waals surface area contributed by atoms with Crippen LogP contribution in [0.1, 0.15) is 26.5 Å². The molecule has 0 saturated carbocycles. The van der Waals surface area contributed by atoms with Gasteiger partial charge in [-0.3, -0.25) is 0 Å². The van der Waals surface area contributed by atoms with Crippen molar-refractivity contribution in [3.63, 3.8) is 0 Å². The largest absolute Gasteiger partial charge is 0.497 e. The molecular weight excluding hydrogens is 426 g/mol. The number of anilines is 2. The normalized spacial score (nSPS) is 24.2. The average molecular weight is 458 g/mol. The Bertz CT molecular complexity index is 973. The van der Waals surface area contributed by atoms with Crippen molar-refractivity contribution in [2.75, 3.05) is 38.1 Å². The minimum atomic E-state index is -0.360. The van der Waals surface area contributed by atoms with Crippen LogP contribution in [0.15, 0.2) is 30.5 Å². The maximum absolute atomic E-state index is 12.6. The Hall–Kier alpha value is -3.11. The first-order valence-electron chi connectivity index (χ1n) is 10.9. The molecular formula is C23H31N5O5. The first kappa shape index (κ1) is 23.1. The van der Waals surface area contributed by atoms with Gasteiger partial charge in [0.05, 0.1) is 45.2 Å². The lowest BCUT2D eigenvalue weighted by Gasteiger charge is -2.21. The van der Waals surface area contributed by atoms with Crippen molar-refractivity contribution in [1.29, 1.82) is 0 Å². The molecule has 4 rings (SSSR count). The average Bonchev–Trinajstić information content (AvgIpc) is 3.36. The third-order valence-corrected chi connectivity index (χ3v) is 5.72. The Morgan fingerprint density at radius 2 is 1.67 bits per heavy atom. The molecule has 2 saturated heterocycles. The van der Waals surface area contributed by atoms with Crippen molar-refractivity contribution >= 4 is 17.7 Å². The fourth-order valence-corrected chi connectivity index (χ4v) is 3.97. The molecule has 1 aromatic heterocycles. The van der Waals surface area contributed by atoms with Gasteiger partial charge in [0.25, 0.3) is 0 Å². The van der Waals surface area contributed by atoms with Crippen molar-refractivity contribution < 1.29 is 23.7 Å². The Kier molecular flexibility index (Phi) is 6.57. The molecule has 10 heteroatoms. The Labute approximate surface area is 193 Å². The van der Waals surface area contributed by atoms with E-state index in [0.717, 1.165) is 5.69 Å². The van der Waals surface area contributed by atoms with E-state index in [-0.39, 0.29) is 35.7 Å². The molecule has 0 unspecified atom stereocenters. The summed E-state index contributed by atoms with van der Waals surface area (Å²) < 4.78 is 22.4. The molecule has 0 bridgehead atoms. The van der Waals surface area contributed by atoms with E-state index in [2.05, 4.69) is 46.7 Å². The fraction of sp³-hybridized carbons (Fsp3) is 0.522. The van der Waals surface area contributed by atoms with Gasteiger partial charge in [-0.05, 0) is 6.07 Å². The van der Waals surface area contributed by atoms with Gasteiger partial charge in [0.1, 0.15) is 23.7 Å². The van der Waals surface area contributed by atoms with Gasteiger partial charge in [-0.25, -0.2) is 14.8 Å². The highest BCUT2D eigenvalue weighted by molar-refractivity contribution is 5.90. The first-order valence-corrected chi connectivity index (χ1v) is 10.9. The van der Waals surface area contributed by atoms with E-state index in [9.17, 15) is 4.79 Å². The van der Waals surface area contributed by atoms with E-state index in [1.807, 2.05) is 6.07 Å². The van der Waals surface area contributed by atoms with Crippen LogP contribution in [0, 0.1) is 0 Å². The molecule has 178 valence electrons. The maximum Gasteiger partial charge on any atom is 0.319 e. The number of benzene rings is 1. The molecule has 2 aromatic rings. The standard InChI is InChI=1S/C23H31N5O5/c1-23(2,3)18-6-7-24-21(28-18)26-16-11-32-20-17(12-33-19(16)20)27-22(29)25-13-8-14(30-4)10-15(9-13)31-5/h6-10,16-17,19-20H,11-12H2,1-5H3,(H,24,26,28)(H2,25,27,29)/t16-,17-,19+,20+/m0/s1. The number of amides is 2. The van der Waals surface area contributed by atoms with Gasteiger partial charge >= 0.3 is 6.03 Å². The number of hydrogen-bond acceptors (Lipinski definition) is 8. The summed E-state index contributed by atoms with van der Waals surface area (Å²) in [5.74, 6) is 1.71. The van der Waals surface area contributed by atoms with Crippen molar-refractivity contribution in [1.82, 2.24) is 15.3 Å². The Balaban J connectivity index is 1.35. The lowest BCUT2D eigenvalue weighted by atomic mass is 9.92. The van der Waals surface area contributed by atoms with Crippen LogP contribution in [0.25, 0.3) is 0 Å². The van der Waals surface area contributed by atoms with Crippen LogP contribution >= 0.6 is 0 Å². The van der Waals surface area contributed by atoms with Crippen LogP contribution in [0.4, 0.5) is 16.4 Å². The molecule has 2 aliphatic heterocycles. The molecule has 3 heterocycles. The second-order valence-electron chi connectivity index (χ2n) is 9.17. The van der Waals surface area contributed by atoms with E-state index < -0.39 is 0 Å². The summed E-state index contributed by atoms with van der Waals surface area (Å²) in [7, 11) is 3.11. The van der Waals surface area contributed by atoms with Gasteiger partial charge in [0.2, 0.25) is 5.95 Å². The number of nitrogens with zero attached hydrogens (tertiary/aromatic N) is 2. The van der Waals surface area contributed by atoms with Gasteiger partial charge in [-0.1, -0.05) is 20.8 Å². The number of methoxy groups -OCH3 is 2. The van der Waals surface area contributed by atoms with Gasteiger partial charge in [0, 0.05) is 35.5 Å². The van der Waals surface area contributed by atoms with Crippen LogP contribution in [0.2, 0.25) is 0 Å². The van der Waals surface area contributed by atoms with Crippen molar-refractivity contribution in [3.05, 3.63) is 36.2 Å². The highest BCUT2D eigenvalue weighted by Gasteiger charge is 2.48. The molecule has 3 N–H and O–H groups in total. The SMILES string of the molecule is COc1cc(NC(=O)N[C@H]2CO[C@H]3[C@@H]2OC[C@@H]3Nc2nccc(C(C)(C)C)n2)cc(OC)c1. The van der Waals surface area contributed by atoms with Crippen LogP contribution in [-0.4, -0.2) is 67.7 Å². The number of fused-ring (bicyclic) bond motifs is 1. The van der Waals surface area contributed by atoms with Gasteiger partial charge in [-0.2, -0.15) is 0 Å². The van der Waals surface area contributed by atoms with Crippen LogP contribution in [0.3, 0.4) is 0 Å². The lowest BCUT2D eigenvalue weighted by Crippen LogP contribution is -2.46. The predicted molar refractivity (Wildman–Crippen MR) is 123 cm³/mol. The fourth-order valence-electron chi connectivity index (χ4n) is 3.97. The molecule has 4 atom stereocenters. The number of rotatable bonds is 6. The molecule has 33 heavy (non-hydrogen) atoms. The Morgan fingerprint density at radius 1 is 1.03 bits per heavy atom. The number of urea groups is 1. The third kappa shape index (κ3) is 5.28. The zero-order chi connectivity index (χ0) is 23.6. The summed E-state index contributed by atoms with van der Waals surface area (Å²) in [6, 6.07) is 6.34. The number of nitrogens with one attached hydrogen (secondary N) is 3. The van der Waals surface area contributed by atoms with Crippen molar-refractivity contribution in [2.24, 2.45) is 0 Å². The van der Waals surface area contributed by atoms with Crippen molar-refractivity contribution in [2.45, 2.75) is 50.5 Å². The Morgan fingerprint density at radius 3 is 2.30 bits per heavy atom. The number of carbonyl (C=O) groups is 1. The maximum atomic E-state index is 12.6. The van der Waals surface area contributed by atoms with E-state index in [0.29, 0.717) is 36.3 Å². The second kappa shape index (κ2) is 9.40. The number of carbonyl (C=O) groups excluding carboxylic acids is 1. The predicted octanol–water partition coefficient (Wildman–Crippen LogP) is 2.56. The molecule has 0 aliphatic carbocycles. The summed E-state index contributed by atoms with van der Waals surface area (Å²) in [4.78, 5) is 21.6. The minimum absolute atomic E-state index is 0.0763. The molecule has 0 spiro atoms. The van der Waals surface area contributed by atoms with Crippen LogP contribution in [-0.2, 0) is 14.9 Å². The highest BCUT2D eigenvalue weighted by atomic mass is 16.6. The zero-order valence-electron chi connectivity index (χ0n) is 19.5. The summed E-state index contributed by atoms with van der Waals surface area (Å²) >= 11 is 0. The monoisotopic (exact) mass is 457 g/mol. The highest BCUT2D eigenvalue weighted by Crippen LogP contribution is 2.30. The third-order valence-electron chi connectivity index (χ3n) is 5.72. The zero-order valence-corrected chi connectivity index (χ0v) is 19.5. The quantitative estimate of drug-likeness (QED) is 0.606. The molecule has 10 nitrogen and oxygen atoms in total. The van der Waals surface area contributed by atoms with Crippen LogP contribution in [0.5, 0.6) is 11.5 Å². The topological polar surface area (TPSA) is 116 Å². The summed E-state index contributed by atoms with van der Waals surface area (Å²) in [6.45, 7) is 7.11. The number of ether oxygens (including phenoxy) is 4. The number of aromatic nitrogens is 2. The molecule has 2 amide bonds.